The van der Waals surface area contributed by atoms with Gasteiger partial charge in [0.05, 0.1) is 12.8 Å². The zero-order valence-corrected chi connectivity index (χ0v) is 10.6. The largest absolute Gasteiger partial charge is 0.464 e. The van der Waals surface area contributed by atoms with E-state index in [1.807, 2.05) is 19.1 Å². The molecule has 0 aliphatic carbocycles. The van der Waals surface area contributed by atoms with Crippen molar-refractivity contribution in [2.24, 2.45) is 0 Å². The third-order valence-electron chi connectivity index (χ3n) is 2.53. The van der Waals surface area contributed by atoms with E-state index in [1.165, 1.54) is 19.2 Å². The molecule has 0 saturated carbocycles. The van der Waals surface area contributed by atoms with Gasteiger partial charge >= 0.3 is 11.9 Å². The van der Waals surface area contributed by atoms with Gasteiger partial charge in [0.1, 0.15) is 11.4 Å². The molecule has 3 N–H and O–H groups in total. The highest BCUT2D eigenvalue weighted by Crippen LogP contribution is 2.06. The lowest BCUT2D eigenvalue weighted by atomic mass is 10.3. The fourth-order valence-electron chi connectivity index (χ4n) is 1.60. The second-order valence-electron chi connectivity index (χ2n) is 3.98. The second-order valence-corrected chi connectivity index (χ2v) is 3.98. The lowest BCUT2D eigenvalue weighted by Crippen LogP contribution is -2.21. The molecule has 1 amide bonds. The molecule has 0 spiro atoms. The molecule has 0 unspecified atom stereocenters. The first-order valence-electron chi connectivity index (χ1n) is 5.68. The Morgan fingerprint density at radius 2 is 1.95 bits per heavy atom. The van der Waals surface area contributed by atoms with E-state index in [2.05, 4.69) is 20.0 Å². The number of rotatable bonds is 3. The Kier molecular flexibility index (Phi) is 3.61. The number of ether oxygens (including phenoxy) is 1. The first-order chi connectivity index (χ1) is 9.10. The van der Waals surface area contributed by atoms with Gasteiger partial charge in [0.2, 0.25) is 0 Å². The first kappa shape index (κ1) is 12.8. The van der Waals surface area contributed by atoms with Crippen LogP contribution in [0.4, 0.5) is 5.82 Å². The van der Waals surface area contributed by atoms with E-state index in [9.17, 15) is 9.59 Å². The second kappa shape index (κ2) is 5.34. The highest BCUT2D eigenvalue weighted by atomic mass is 16.5. The highest BCUT2D eigenvalue weighted by molar-refractivity contribution is 6.03. The number of carbonyl (C=O) groups is 2. The third-order valence-corrected chi connectivity index (χ3v) is 2.53. The molecule has 2 heterocycles. The van der Waals surface area contributed by atoms with Gasteiger partial charge in [-0.1, -0.05) is 6.07 Å². The van der Waals surface area contributed by atoms with Crippen molar-refractivity contribution in [1.29, 1.82) is 0 Å². The summed E-state index contributed by atoms with van der Waals surface area (Å²) in [4.78, 5) is 28.9. The molecule has 0 atom stereocenters. The quantitative estimate of drug-likeness (QED) is 0.812. The van der Waals surface area contributed by atoms with Crippen LogP contribution in [0.1, 0.15) is 26.7 Å². The van der Waals surface area contributed by atoms with Crippen molar-refractivity contribution in [3.63, 3.8) is 0 Å². The zero-order valence-electron chi connectivity index (χ0n) is 10.6. The van der Waals surface area contributed by atoms with Gasteiger partial charge in [-0.15, -0.1) is 0 Å². The van der Waals surface area contributed by atoms with Crippen molar-refractivity contribution in [3.05, 3.63) is 47.4 Å². The fraction of sp³-hybridized carbons (Fsp3) is 0.154. The molecule has 98 valence electrons. The highest BCUT2D eigenvalue weighted by Gasteiger charge is 2.17. The molecule has 0 aliphatic rings. The number of esters is 1. The van der Waals surface area contributed by atoms with Gasteiger partial charge in [0.15, 0.2) is 0 Å². The van der Waals surface area contributed by atoms with Crippen LogP contribution >= 0.6 is 0 Å². The van der Waals surface area contributed by atoms with Crippen LogP contribution in [0, 0.1) is 6.92 Å². The van der Waals surface area contributed by atoms with E-state index >= 15 is 0 Å². The molecule has 0 radical (unpaired) electrons. The Morgan fingerprint density at radius 1 is 1.21 bits per heavy atom. The molecule has 0 aromatic carbocycles. The van der Waals surface area contributed by atoms with E-state index < -0.39 is 5.97 Å². The molecule has 2 rings (SSSR count). The van der Waals surface area contributed by atoms with Crippen LogP contribution < -0.4 is 10.3 Å². The lowest BCUT2D eigenvalue weighted by molar-refractivity contribution is -0.370. The number of methoxy groups -OCH3 is 1. The number of nitrogens with one attached hydrogen (secondary N) is 3. The number of pyridine rings is 1. The van der Waals surface area contributed by atoms with Crippen LogP contribution in [0.5, 0.6) is 0 Å². The number of anilines is 1. The summed E-state index contributed by atoms with van der Waals surface area (Å²) in [7, 11) is 1.28. The number of hydrogen-bond acceptors (Lipinski definition) is 3. The van der Waals surface area contributed by atoms with Crippen molar-refractivity contribution in [1.82, 2.24) is 4.98 Å². The normalized spacial score (nSPS) is 10.0. The van der Waals surface area contributed by atoms with Gasteiger partial charge in [0, 0.05) is 6.07 Å². The Labute approximate surface area is 109 Å². The van der Waals surface area contributed by atoms with Crippen LogP contribution in [0.15, 0.2) is 30.3 Å². The number of amides is 1. The maximum Gasteiger partial charge on any atom is 0.355 e. The zero-order chi connectivity index (χ0) is 13.8. The molecule has 0 saturated heterocycles. The van der Waals surface area contributed by atoms with Gasteiger partial charge in [0.25, 0.3) is 5.82 Å². The number of H-pyrrole nitrogens is 2. The minimum absolute atomic E-state index is 0.237. The molecular formula is C13H14N3O3+. The monoisotopic (exact) mass is 260 g/mol. The number of aromatic amines is 2. The standard InChI is InChI=1S/C13H13N3O3/c1-8-4-3-5-11(14-8)16-12(17)9-6-7-10(15-9)13(18)19-2/h3-7,15H,1-2H3,(H,14,16,17)/p+1. The number of aromatic nitrogens is 2. The molecule has 6 heteroatoms. The van der Waals surface area contributed by atoms with Crippen molar-refractivity contribution < 1.29 is 19.3 Å². The van der Waals surface area contributed by atoms with E-state index in [4.69, 9.17) is 0 Å². The summed E-state index contributed by atoms with van der Waals surface area (Å²) in [5.41, 5.74) is 1.45. The van der Waals surface area contributed by atoms with E-state index in [0.29, 0.717) is 5.82 Å². The lowest BCUT2D eigenvalue weighted by Gasteiger charge is -1.97. The smallest absolute Gasteiger partial charge is 0.355 e. The Bertz CT molecular complexity index is 619. The third kappa shape index (κ3) is 2.98. The molecular weight excluding hydrogens is 246 g/mol. The SMILES string of the molecule is COC(=O)c1ccc(C(=O)Nc2cccc(C)[nH+]2)[nH]1. The predicted octanol–water partition coefficient (Wildman–Crippen LogP) is 1.18. The maximum atomic E-state index is 11.9. The van der Waals surface area contributed by atoms with Crippen LogP contribution in [0.3, 0.4) is 0 Å². The summed E-state index contributed by atoms with van der Waals surface area (Å²) in [6.45, 7) is 1.89. The average Bonchev–Trinajstić information content (AvgIpc) is 2.87. The van der Waals surface area contributed by atoms with E-state index in [0.717, 1.165) is 5.69 Å². The summed E-state index contributed by atoms with van der Waals surface area (Å²) in [5.74, 6) is -0.266. The summed E-state index contributed by atoms with van der Waals surface area (Å²) >= 11 is 0. The molecule has 19 heavy (non-hydrogen) atoms. The molecule has 6 nitrogen and oxygen atoms in total. The molecule has 2 aromatic heterocycles. The van der Waals surface area contributed by atoms with E-state index in [-0.39, 0.29) is 17.3 Å². The van der Waals surface area contributed by atoms with Crippen LogP contribution in [0.2, 0.25) is 0 Å². The van der Waals surface area contributed by atoms with Gasteiger partial charge in [-0.25, -0.2) is 19.9 Å². The van der Waals surface area contributed by atoms with Crippen LogP contribution in [-0.2, 0) is 4.74 Å². The minimum atomic E-state index is -0.513. The predicted molar refractivity (Wildman–Crippen MR) is 67.8 cm³/mol. The van der Waals surface area contributed by atoms with Crippen LogP contribution in [0.25, 0.3) is 0 Å². The van der Waals surface area contributed by atoms with Crippen molar-refractivity contribution in [3.8, 4) is 0 Å². The van der Waals surface area contributed by atoms with Crippen molar-refractivity contribution in [2.45, 2.75) is 6.92 Å². The van der Waals surface area contributed by atoms with E-state index in [1.54, 1.807) is 6.07 Å². The minimum Gasteiger partial charge on any atom is -0.464 e. The topological polar surface area (TPSA) is 85.3 Å². The van der Waals surface area contributed by atoms with Crippen LogP contribution in [-0.4, -0.2) is 24.0 Å². The molecule has 0 aliphatic heterocycles. The number of aryl methyl sites for hydroxylation is 1. The summed E-state index contributed by atoms with van der Waals surface area (Å²) in [5, 5.41) is 2.69. The summed E-state index contributed by atoms with van der Waals surface area (Å²) in [6.07, 6.45) is 0. The van der Waals surface area contributed by atoms with Crippen molar-refractivity contribution >= 4 is 17.7 Å². The number of hydrogen-bond donors (Lipinski definition) is 2. The average molecular weight is 260 g/mol. The van der Waals surface area contributed by atoms with Crippen molar-refractivity contribution in [2.75, 3.05) is 12.4 Å². The summed E-state index contributed by atoms with van der Waals surface area (Å²) < 4.78 is 4.56. The molecule has 0 bridgehead atoms. The van der Waals surface area contributed by atoms with Gasteiger partial charge < -0.3 is 9.72 Å². The maximum absolute atomic E-state index is 11.9. The Balaban J connectivity index is 2.12. The van der Waals surface area contributed by atoms with Gasteiger partial charge in [-0.2, -0.15) is 0 Å². The number of carbonyl (C=O) groups excluding carboxylic acids is 2. The Hall–Kier alpha value is -2.63. The van der Waals surface area contributed by atoms with Gasteiger partial charge in [-0.05, 0) is 25.1 Å². The molecule has 0 fully saturated rings. The van der Waals surface area contributed by atoms with Gasteiger partial charge in [-0.3, -0.25) is 0 Å². The Morgan fingerprint density at radius 3 is 2.63 bits per heavy atom. The summed E-state index contributed by atoms with van der Waals surface area (Å²) in [6, 6.07) is 8.49. The molecule has 2 aromatic rings. The first-order valence-corrected chi connectivity index (χ1v) is 5.68. The fourth-order valence-corrected chi connectivity index (χ4v) is 1.60.